The van der Waals surface area contributed by atoms with Crippen molar-refractivity contribution in [3.8, 4) is 0 Å². The summed E-state index contributed by atoms with van der Waals surface area (Å²) in [6.07, 6.45) is 0. The summed E-state index contributed by atoms with van der Waals surface area (Å²) in [4.78, 5) is 35.0. The van der Waals surface area contributed by atoms with E-state index in [1.165, 1.54) is 31.2 Å². The van der Waals surface area contributed by atoms with Gasteiger partial charge in [0.2, 0.25) is 5.91 Å². The molecule has 136 valence electrons. The second kappa shape index (κ2) is 8.75. The summed E-state index contributed by atoms with van der Waals surface area (Å²) in [5.74, 6) is -1.78. The number of esters is 1. The number of carbonyl (C=O) groups excluding carboxylic acids is 3. The molecule has 2 amide bonds. The number of benzene rings is 2. The first-order chi connectivity index (χ1) is 12.3. The number of hydrogen-bond acceptors (Lipinski definition) is 4. The number of ether oxygens (including phenoxy) is 1. The van der Waals surface area contributed by atoms with Crippen LogP contribution in [0.4, 0.5) is 10.1 Å². The third-order valence-electron chi connectivity index (χ3n) is 3.50. The third-order valence-corrected chi connectivity index (χ3v) is 3.50. The minimum absolute atomic E-state index is 0.218. The first-order valence-corrected chi connectivity index (χ1v) is 7.95. The smallest absolute Gasteiger partial charge is 0.338 e. The van der Waals surface area contributed by atoms with Crippen molar-refractivity contribution < 1.29 is 23.5 Å². The Labute approximate surface area is 150 Å². The molecule has 0 spiro atoms. The lowest BCUT2D eigenvalue weighted by atomic mass is 10.1. The van der Waals surface area contributed by atoms with E-state index in [0.29, 0.717) is 5.69 Å². The zero-order chi connectivity index (χ0) is 19.1. The van der Waals surface area contributed by atoms with E-state index >= 15 is 0 Å². The number of carbonyl (C=O) groups is 3. The van der Waals surface area contributed by atoms with Crippen molar-refractivity contribution >= 4 is 23.5 Å². The fourth-order valence-corrected chi connectivity index (χ4v) is 2.26. The molecule has 0 aromatic heterocycles. The maximum atomic E-state index is 12.9. The van der Waals surface area contributed by atoms with Gasteiger partial charge in [-0.2, -0.15) is 0 Å². The Kier molecular flexibility index (Phi) is 6.43. The largest absolute Gasteiger partial charge is 0.452 e. The fraction of sp³-hybridized carbons (Fsp3) is 0.211. The van der Waals surface area contributed by atoms with E-state index in [0.717, 1.165) is 5.56 Å². The monoisotopic (exact) mass is 358 g/mol. The van der Waals surface area contributed by atoms with E-state index < -0.39 is 18.5 Å². The van der Waals surface area contributed by atoms with Crippen LogP contribution in [0.5, 0.6) is 0 Å². The summed E-state index contributed by atoms with van der Waals surface area (Å²) in [6.45, 7) is 2.65. The van der Waals surface area contributed by atoms with E-state index in [1.54, 1.807) is 31.2 Å². The normalized spacial score (nSPS) is 11.3. The van der Waals surface area contributed by atoms with Crippen LogP contribution < -0.4 is 10.6 Å². The quantitative estimate of drug-likeness (QED) is 0.778. The van der Waals surface area contributed by atoms with Gasteiger partial charge in [-0.05, 0) is 42.8 Å². The summed E-state index contributed by atoms with van der Waals surface area (Å²) in [5, 5.41) is 5.22. The molecule has 0 heterocycles. The highest BCUT2D eigenvalue weighted by Gasteiger charge is 2.14. The van der Waals surface area contributed by atoms with Gasteiger partial charge in [-0.15, -0.1) is 0 Å². The van der Waals surface area contributed by atoms with Crippen molar-refractivity contribution in [2.75, 3.05) is 11.9 Å². The second-order valence-electron chi connectivity index (χ2n) is 5.68. The molecule has 7 heteroatoms. The molecule has 0 aliphatic rings. The first-order valence-electron chi connectivity index (χ1n) is 7.95. The van der Waals surface area contributed by atoms with Gasteiger partial charge in [0.15, 0.2) is 6.61 Å². The lowest BCUT2D eigenvalue weighted by Gasteiger charge is -2.14. The van der Waals surface area contributed by atoms with Crippen LogP contribution in [0.3, 0.4) is 0 Å². The van der Waals surface area contributed by atoms with Gasteiger partial charge in [-0.1, -0.05) is 18.2 Å². The standard InChI is InChI=1S/C19H19FN2O4/c1-12(14-6-8-16(20)9-7-14)21-18(24)11-26-19(25)15-4-3-5-17(10-15)22-13(2)23/h3-10,12H,11H2,1-2H3,(H,21,24)(H,22,23)/t12-/m0/s1. The van der Waals surface area contributed by atoms with Crippen molar-refractivity contribution in [1.29, 1.82) is 0 Å². The maximum Gasteiger partial charge on any atom is 0.338 e. The fourth-order valence-electron chi connectivity index (χ4n) is 2.26. The molecule has 0 radical (unpaired) electrons. The summed E-state index contributed by atoms with van der Waals surface area (Å²) in [5.41, 5.74) is 1.41. The molecule has 26 heavy (non-hydrogen) atoms. The Morgan fingerprint density at radius 2 is 1.81 bits per heavy atom. The molecule has 0 aliphatic carbocycles. The van der Waals surface area contributed by atoms with Crippen LogP contribution in [0.1, 0.15) is 35.8 Å². The average Bonchev–Trinajstić information content (AvgIpc) is 2.59. The summed E-state index contributed by atoms with van der Waals surface area (Å²) in [7, 11) is 0. The third kappa shape index (κ3) is 5.70. The number of halogens is 1. The summed E-state index contributed by atoms with van der Waals surface area (Å²) in [6, 6.07) is 11.6. The van der Waals surface area contributed by atoms with E-state index in [4.69, 9.17) is 4.74 Å². The topological polar surface area (TPSA) is 84.5 Å². The number of rotatable bonds is 6. The maximum absolute atomic E-state index is 12.9. The molecule has 2 N–H and O–H groups in total. The van der Waals surface area contributed by atoms with E-state index in [-0.39, 0.29) is 23.3 Å². The zero-order valence-electron chi connectivity index (χ0n) is 14.4. The highest BCUT2D eigenvalue weighted by atomic mass is 19.1. The van der Waals surface area contributed by atoms with Crippen molar-refractivity contribution in [3.05, 3.63) is 65.5 Å². The summed E-state index contributed by atoms with van der Waals surface area (Å²) >= 11 is 0. The molecule has 0 bridgehead atoms. The van der Waals surface area contributed by atoms with Crippen LogP contribution in [-0.2, 0) is 14.3 Å². The lowest BCUT2D eigenvalue weighted by Crippen LogP contribution is -2.31. The van der Waals surface area contributed by atoms with Crippen LogP contribution in [0, 0.1) is 5.82 Å². The molecule has 0 fully saturated rings. The Morgan fingerprint density at radius 3 is 2.46 bits per heavy atom. The number of nitrogens with one attached hydrogen (secondary N) is 2. The molecular formula is C19H19FN2O4. The Morgan fingerprint density at radius 1 is 1.12 bits per heavy atom. The lowest BCUT2D eigenvalue weighted by molar-refractivity contribution is -0.124. The SMILES string of the molecule is CC(=O)Nc1cccc(C(=O)OCC(=O)N[C@@H](C)c2ccc(F)cc2)c1. The molecule has 2 aromatic carbocycles. The molecule has 2 rings (SSSR count). The van der Waals surface area contributed by atoms with Gasteiger partial charge in [0, 0.05) is 12.6 Å². The molecule has 0 saturated carbocycles. The van der Waals surface area contributed by atoms with Crippen molar-refractivity contribution in [2.24, 2.45) is 0 Å². The highest BCUT2D eigenvalue weighted by Crippen LogP contribution is 2.13. The number of amides is 2. The predicted molar refractivity (Wildman–Crippen MR) is 94.0 cm³/mol. The van der Waals surface area contributed by atoms with Crippen LogP contribution in [0.15, 0.2) is 48.5 Å². The Bertz CT molecular complexity index is 805. The van der Waals surface area contributed by atoms with Crippen molar-refractivity contribution in [3.63, 3.8) is 0 Å². The molecule has 1 atom stereocenters. The van der Waals surface area contributed by atoms with E-state index in [2.05, 4.69) is 10.6 Å². The van der Waals surface area contributed by atoms with Gasteiger partial charge in [0.05, 0.1) is 11.6 Å². The summed E-state index contributed by atoms with van der Waals surface area (Å²) < 4.78 is 17.9. The molecule has 6 nitrogen and oxygen atoms in total. The average molecular weight is 358 g/mol. The molecule has 0 aliphatic heterocycles. The van der Waals surface area contributed by atoms with Crippen LogP contribution in [0.25, 0.3) is 0 Å². The minimum Gasteiger partial charge on any atom is -0.452 e. The molecule has 0 unspecified atom stereocenters. The van der Waals surface area contributed by atoms with Gasteiger partial charge in [-0.3, -0.25) is 9.59 Å². The van der Waals surface area contributed by atoms with Gasteiger partial charge in [0.1, 0.15) is 5.82 Å². The Balaban J connectivity index is 1.87. The van der Waals surface area contributed by atoms with Gasteiger partial charge < -0.3 is 15.4 Å². The van der Waals surface area contributed by atoms with E-state index in [1.807, 2.05) is 0 Å². The minimum atomic E-state index is -0.679. The molecule has 0 saturated heterocycles. The van der Waals surface area contributed by atoms with Gasteiger partial charge in [-0.25, -0.2) is 9.18 Å². The highest BCUT2D eigenvalue weighted by molar-refractivity contribution is 5.94. The molecular weight excluding hydrogens is 339 g/mol. The van der Waals surface area contributed by atoms with Crippen LogP contribution >= 0.6 is 0 Å². The second-order valence-corrected chi connectivity index (χ2v) is 5.68. The van der Waals surface area contributed by atoms with Crippen LogP contribution in [0.2, 0.25) is 0 Å². The molecule has 2 aromatic rings. The predicted octanol–water partition coefficient (Wildman–Crippen LogP) is 2.82. The first kappa shape index (κ1) is 19.1. The number of anilines is 1. The van der Waals surface area contributed by atoms with Crippen molar-refractivity contribution in [2.45, 2.75) is 19.9 Å². The zero-order valence-corrected chi connectivity index (χ0v) is 14.4. The number of hydrogen-bond donors (Lipinski definition) is 2. The van der Waals surface area contributed by atoms with Gasteiger partial charge in [0.25, 0.3) is 5.91 Å². The Hall–Kier alpha value is -3.22. The van der Waals surface area contributed by atoms with Gasteiger partial charge >= 0.3 is 5.97 Å². The van der Waals surface area contributed by atoms with E-state index in [9.17, 15) is 18.8 Å². The van der Waals surface area contributed by atoms with Crippen LogP contribution in [-0.4, -0.2) is 24.4 Å². The van der Waals surface area contributed by atoms with Crippen molar-refractivity contribution in [1.82, 2.24) is 5.32 Å².